The summed E-state index contributed by atoms with van der Waals surface area (Å²) in [5, 5.41) is 0. The number of fused-ring (bicyclic) bond motifs is 1. The van der Waals surface area contributed by atoms with E-state index in [9.17, 15) is 4.39 Å². The Morgan fingerprint density at radius 3 is 2.67 bits per heavy atom. The molecule has 0 aliphatic carbocycles. The summed E-state index contributed by atoms with van der Waals surface area (Å²) < 4.78 is 23.4. The number of aromatic nitrogens is 4. The molecule has 0 fully saturated rings. The number of rotatable bonds is 3. The van der Waals surface area contributed by atoms with Crippen molar-refractivity contribution in [2.45, 2.75) is 6.92 Å². The fourth-order valence-corrected chi connectivity index (χ4v) is 3.74. The van der Waals surface area contributed by atoms with Crippen molar-refractivity contribution >= 4 is 48.7 Å². The van der Waals surface area contributed by atoms with E-state index in [1.54, 1.807) is 29.0 Å². The summed E-state index contributed by atoms with van der Waals surface area (Å²) in [6, 6.07) is 8.19. The fourth-order valence-electron chi connectivity index (χ4n) is 2.70. The lowest BCUT2D eigenvalue weighted by molar-refractivity contribution is 0.427. The van der Waals surface area contributed by atoms with E-state index in [0.29, 0.717) is 31.7 Å². The Bertz CT molecular complexity index is 1180. The Morgan fingerprint density at radius 1 is 1.11 bits per heavy atom. The van der Waals surface area contributed by atoms with Gasteiger partial charge in [-0.15, -0.1) is 0 Å². The molecule has 9 heteroatoms. The molecule has 136 valence electrons. The lowest BCUT2D eigenvalue weighted by atomic mass is 10.2. The van der Waals surface area contributed by atoms with Gasteiger partial charge in [0.05, 0.1) is 10.2 Å². The first-order valence-corrected chi connectivity index (χ1v) is 9.40. The van der Waals surface area contributed by atoms with Crippen LogP contribution in [-0.2, 0) is 0 Å². The van der Waals surface area contributed by atoms with Gasteiger partial charge in [0.15, 0.2) is 17.4 Å². The second-order valence-electron chi connectivity index (χ2n) is 5.78. The van der Waals surface area contributed by atoms with Crippen molar-refractivity contribution in [3.63, 3.8) is 0 Å². The van der Waals surface area contributed by atoms with Crippen LogP contribution in [0.4, 0.5) is 10.2 Å². The van der Waals surface area contributed by atoms with Crippen LogP contribution in [0.3, 0.4) is 0 Å². The van der Waals surface area contributed by atoms with E-state index in [1.807, 2.05) is 13.0 Å². The van der Waals surface area contributed by atoms with Gasteiger partial charge in [0.25, 0.3) is 0 Å². The van der Waals surface area contributed by atoms with Gasteiger partial charge in [-0.1, -0.05) is 0 Å². The third-order valence-electron chi connectivity index (χ3n) is 3.94. The molecular formula is C18H12Br2FN5O. The molecule has 1 aromatic carbocycles. The minimum Gasteiger partial charge on any atom is -0.436 e. The summed E-state index contributed by atoms with van der Waals surface area (Å²) >= 11 is 6.98. The zero-order chi connectivity index (χ0) is 19.1. The molecule has 0 spiro atoms. The van der Waals surface area contributed by atoms with E-state index < -0.39 is 5.82 Å². The minimum absolute atomic E-state index is 0.0766. The molecule has 0 aliphatic rings. The zero-order valence-corrected chi connectivity index (χ0v) is 17.1. The average Bonchev–Trinajstić information content (AvgIpc) is 2.90. The molecule has 0 bridgehead atoms. The van der Waals surface area contributed by atoms with Gasteiger partial charge in [-0.3, -0.25) is 4.57 Å². The summed E-state index contributed by atoms with van der Waals surface area (Å²) in [6.07, 6.45) is 2.99. The van der Waals surface area contributed by atoms with E-state index in [-0.39, 0.29) is 11.6 Å². The highest BCUT2D eigenvalue weighted by atomic mass is 79.9. The molecule has 0 unspecified atom stereocenters. The second kappa shape index (κ2) is 6.90. The van der Waals surface area contributed by atoms with Gasteiger partial charge in [-0.05, 0) is 62.5 Å². The van der Waals surface area contributed by atoms with Crippen LogP contribution in [-0.4, -0.2) is 19.5 Å². The highest BCUT2D eigenvalue weighted by Crippen LogP contribution is 2.38. The fraction of sp³-hybridized carbons (Fsp3) is 0.0556. The van der Waals surface area contributed by atoms with E-state index in [0.717, 1.165) is 5.56 Å². The third-order valence-corrected chi connectivity index (χ3v) is 5.97. The van der Waals surface area contributed by atoms with Crippen molar-refractivity contribution in [1.82, 2.24) is 19.5 Å². The van der Waals surface area contributed by atoms with Crippen molar-refractivity contribution in [1.29, 1.82) is 0 Å². The molecule has 0 atom stereocenters. The van der Waals surface area contributed by atoms with Crippen LogP contribution >= 0.6 is 31.9 Å². The Kier molecular flexibility index (Phi) is 4.56. The SMILES string of the molecule is Cc1ccnc(Oc2ccc(-n3c(Br)c(Br)c4ncnc(N)c43)cc2F)c1. The lowest BCUT2D eigenvalue weighted by Gasteiger charge is -2.11. The maximum absolute atomic E-state index is 14.7. The van der Waals surface area contributed by atoms with E-state index in [4.69, 9.17) is 10.5 Å². The number of nitrogen functional groups attached to an aromatic ring is 1. The van der Waals surface area contributed by atoms with Crippen LogP contribution in [0.25, 0.3) is 16.7 Å². The van der Waals surface area contributed by atoms with Crippen LogP contribution in [0.2, 0.25) is 0 Å². The molecule has 6 nitrogen and oxygen atoms in total. The minimum atomic E-state index is -0.531. The standard InChI is InChI=1S/C18H12Br2FN5O/c1-9-4-5-23-13(6-9)27-12-3-2-10(7-11(12)21)26-16-15(14(19)17(26)20)24-8-25-18(16)22/h2-8H,1H3,(H2,22,24,25). The normalized spacial score (nSPS) is 11.1. The van der Waals surface area contributed by atoms with Gasteiger partial charge < -0.3 is 10.5 Å². The topological polar surface area (TPSA) is 78.8 Å². The Hall–Kier alpha value is -2.52. The number of halogens is 3. The predicted octanol–water partition coefficient (Wildman–Crippen LogP) is 5.16. The summed E-state index contributed by atoms with van der Waals surface area (Å²) in [6.45, 7) is 1.91. The number of nitrogens with zero attached hydrogens (tertiary/aromatic N) is 4. The maximum Gasteiger partial charge on any atom is 0.219 e. The van der Waals surface area contributed by atoms with Crippen LogP contribution in [0.5, 0.6) is 11.6 Å². The Morgan fingerprint density at radius 2 is 1.93 bits per heavy atom. The molecule has 4 aromatic rings. The molecule has 0 saturated heterocycles. The summed E-state index contributed by atoms with van der Waals surface area (Å²) in [7, 11) is 0. The van der Waals surface area contributed by atoms with Crippen LogP contribution in [0.15, 0.2) is 51.9 Å². The van der Waals surface area contributed by atoms with Crippen molar-refractivity contribution in [2.75, 3.05) is 5.73 Å². The number of aryl methyl sites for hydroxylation is 1. The number of anilines is 1. The highest BCUT2D eigenvalue weighted by molar-refractivity contribution is 9.13. The first-order valence-electron chi connectivity index (χ1n) is 7.82. The van der Waals surface area contributed by atoms with Gasteiger partial charge in [0.1, 0.15) is 22.0 Å². The van der Waals surface area contributed by atoms with Crippen LogP contribution < -0.4 is 10.5 Å². The molecule has 3 aromatic heterocycles. The number of ether oxygens (including phenoxy) is 1. The Labute approximate surface area is 170 Å². The quantitative estimate of drug-likeness (QED) is 0.427. The largest absolute Gasteiger partial charge is 0.436 e. The van der Waals surface area contributed by atoms with E-state index in [1.165, 1.54) is 12.4 Å². The molecule has 3 heterocycles. The molecule has 2 N–H and O–H groups in total. The maximum atomic E-state index is 14.7. The summed E-state index contributed by atoms with van der Waals surface area (Å²) in [5.41, 5.74) is 8.73. The van der Waals surface area contributed by atoms with Gasteiger partial charge in [0.2, 0.25) is 5.88 Å². The first kappa shape index (κ1) is 17.9. The summed E-state index contributed by atoms with van der Waals surface area (Å²) in [4.78, 5) is 12.4. The van der Waals surface area contributed by atoms with E-state index >= 15 is 0 Å². The molecule has 0 radical (unpaired) electrons. The predicted molar refractivity (Wildman–Crippen MR) is 108 cm³/mol. The zero-order valence-electron chi connectivity index (χ0n) is 13.9. The molecule has 0 saturated carbocycles. The monoisotopic (exact) mass is 491 g/mol. The van der Waals surface area contributed by atoms with E-state index in [2.05, 4.69) is 46.8 Å². The Balaban J connectivity index is 1.80. The van der Waals surface area contributed by atoms with Gasteiger partial charge in [-0.2, -0.15) is 0 Å². The van der Waals surface area contributed by atoms with Crippen molar-refractivity contribution < 1.29 is 9.13 Å². The van der Waals surface area contributed by atoms with Crippen molar-refractivity contribution in [3.8, 4) is 17.3 Å². The van der Waals surface area contributed by atoms with Crippen LogP contribution in [0.1, 0.15) is 5.56 Å². The number of hydrogen-bond donors (Lipinski definition) is 1. The number of pyridine rings is 1. The van der Waals surface area contributed by atoms with Gasteiger partial charge in [0, 0.05) is 18.3 Å². The smallest absolute Gasteiger partial charge is 0.219 e. The lowest BCUT2D eigenvalue weighted by Crippen LogP contribution is -2.01. The molecule has 27 heavy (non-hydrogen) atoms. The number of nitrogens with two attached hydrogens (primary N) is 1. The highest BCUT2D eigenvalue weighted by Gasteiger charge is 2.20. The van der Waals surface area contributed by atoms with Crippen molar-refractivity contribution in [3.05, 3.63) is 63.3 Å². The van der Waals surface area contributed by atoms with Gasteiger partial charge in [-0.25, -0.2) is 19.3 Å². The summed E-state index contributed by atoms with van der Waals surface area (Å²) in [5.74, 6) is 0.162. The number of benzene rings is 1. The molecule has 4 rings (SSSR count). The third kappa shape index (κ3) is 3.17. The second-order valence-corrected chi connectivity index (χ2v) is 7.33. The molecule has 0 amide bonds. The average molecular weight is 493 g/mol. The first-order chi connectivity index (χ1) is 13.0. The van der Waals surface area contributed by atoms with Crippen LogP contribution in [0, 0.1) is 12.7 Å². The molecular weight excluding hydrogens is 481 g/mol. The van der Waals surface area contributed by atoms with Gasteiger partial charge >= 0.3 is 0 Å². The number of hydrogen-bond acceptors (Lipinski definition) is 5. The van der Waals surface area contributed by atoms with Crippen molar-refractivity contribution in [2.24, 2.45) is 0 Å². The molecule has 0 aliphatic heterocycles.